The normalized spacial score (nSPS) is 25.6. The highest BCUT2D eigenvalue weighted by atomic mass is 16.5. The number of carboxylic acid groups (broad SMARTS) is 1. The highest BCUT2D eigenvalue weighted by Crippen LogP contribution is 2.19. The van der Waals surface area contributed by atoms with Crippen LogP contribution < -0.4 is 5.32 Å². The van der Waals surface area contributed by atoms with Crippen LogP contribution in [0.3, 0.4) is 0 Å². The maximum absolute atomic E-state index is 12.0. The Morgan fingerprint density at radius 2 is 1.95 bits per heavy atom. The van der Waals surface area contributed by atoms with E-state index >= 15 is 0 Å². The molecule has 0 saturated carbocycles. The zero-order valence-electron chi connectivity index (χ0n) is 12.6. The maximum atomic E-state index is 12.0. The predicted molar refractivity (Wildman–Crippen MR) is 77.0 cm³/mol. The van der Waals surface area contributed by atoms with Crippen LogP contribution in [0, 0.1) is 5.92 Å². The van der Waals surface area contributed by atoms with Crippen LogP contribution in [-0.4, -0.2) is 85.8 Å². The van der Waals surface area contributed by atoms with Gasteiger partial charge in [0.15, 0.2) is 0 Å². The monoisotopic (exact) mass is 299 g/mol. The smallest absolute Gasteiger partial charge is 0.309 e. The third-order valence-corrected chi connectivity index (χ3v) is 4.29. The quantitative estimate of drug-likeness (QED) is 0.709. The minimum atomic E-state index is -0.823. The third kappa shape index (κ3) is 4.39. The second-order valence-corrected chi connectivity index (χ2v) is 5.74. The summed E-state index contributed by atoms with van der Waals surface area (Å²) in [4.78, 5) is 27.4. The standard InChI is InChI=1S/C14H25N3O4/c1-15-8-13(18)17-5-4-16(9-11(10-17)14(19)20)12-2-6-21-7-3-12/h11-12,15H,2-10H2,1H3,(H,19,20)/t11-/m0/s1. The molecule has 0 unspecified atom stereocenters. The summed E-state index contributed by atoms with van der Waals surface area (Å²) in [6, 6.07) is 0.375. The fraction of sp³-hybridized carbons (Fsp3) is 0.857. The van der Waals surface area contributed by atoms with E-state index in [2.05, 4.69) is 10.2 Å². The van der Waals surface area contributed by atoms with Crippen LogP contribution in [0.4, 0.5) is 0 Å². The van der Waals surface area contributed by atoms with Crippen molar-refractivity contribution in [1.29, 1.82) is 0 Å². The summed E-state index contributed by atoms with van der Waals surface area (Å²) in [5, 5.41) is 12.2. The molecule has 0 aromatic heterocycles. The van der Waals surface area contributed by atoms with Gasteiger partial charge < -0.3 is 20.1 Å². The van der Waals surface area contributed by atoms with Crippen molar-refractivity contribution in [3.05, 3.63) is 0 Å². The highest BCUT2D eigenvalue weighted by Gasteiger charge is 2.33. The van der Waals surface area contributed by atoms with Gasteiger partial charge in [-0.2, -0.15) is 0 Å². The summed E-state index contributed by atoms with van der Waals surface area (Å²) in [7, 11) is 1.72. The van der Waals surface area contributed by atoms with E-state index in [9.17, 15) is 14.7 Å². The molecule has 0 radical (unpaired) electrons. The maximum Gasteiger partial charge on any atom is 0.309 e. The molecule has 1 atom stereocenters. The highest BCUT2D eigenvalue weighted by molar-refractivity contribution is 5.79. The van der Waals surface area contributed by atoms with Crippen molar-refractivity contribution in [2.24, 2.45) is 5.92 Å². The van der Waals surface area contributed by atoms with Crippen LogP contribution >= 0.6 is 0 Å². The number of ether oxygens (including phenoxy) is 1. The summed E-state index contributed by atoms with van der Waals surface area (Å²) in [6.45, 7) is 3.89. The summed E-state index contributed by atoms with van der Waals surface area (Å²) in [6.07, 6.45) is 1.88. The molecule has 2 N–H and O–H groups in total. The van der Waals surface area contributed by atoms with E-state index in [0.29, 0.717) is 25.7 Å². The van der Waals surface area contributed by atoms with Gasteiger partial charge in [-0.1, -0.05) is 0 Å². The van der Waals surface area contributed by atoms with E-state index in [-0.39, 0.29) is 12.5 Å². The molecule has 7 heteroatoms. The van der Waals surface area contributed by atoms with Crippen LogP contribution in [0.25, 0.3) is 0 Å². The first-order valence-electron chi connectivity index (χ1n) is 7.58. The first kappa shape index (κ1) is 16.2. The van der Waals surface area contributed by atoms with Crippen LogP contribution in [0.1, 0.15) is 12.8 Å². The number of rotatable bonds is 4. The largest absolute Gasteiger partial charge is 0.481 e. The number of nitrogens with zero attached hydrogens (tertiary/aromatic N) is 2. The lowest BCUT2D eigenvalue weighted by molar-refractivity contribution is -0.143. The van der Waals surface area contributed by atoms with Gasteiger partial charge in [-0.05, 0) is 19.9 Å². The fourth-order valence-electron chi connectivity index (χ4n) is 3.07. The van der Waals surface area contributed by atoms with Gasteiger partial charge in [0.1, 0.15) is 0 Å². The Labute approximate surface area is 125 Å². The van der Waals surface area contributed by atoms with Gasteiger partial charge in [0, 0.05) is 45.4 Å². The number of hydrogen-bond acceptors (Lipinski definition) is 5. The van der Waals surface area contributed by atoms with Crippen molar-refractivity contribution in [3.63, 3.8) is 0 Å². The molecule has 2 aliphatic rings. The van der Waals surface area contributed by atoms with E-state index in [1.54, 1.807) is 11.9 Å². The topological polar surface area (TPSA) is 82.1 Å². The van der Waals surface area contributed by atoms with Gasteiger partial charge in [-0.15, -0.1) is 0 Å². The van der Waals surface area contributed by atoms with E-state index in [1.807, 2.05) is 0 Å². The molecule has 2 aliphatic heterocycles. The number of carbonyl (C=O) groups is 2. The van der Waals surface area contributed by atoms with Crippen molar-refractivity contribution >= 4 is 11.9 Å². The molecule has 21 heavy (non-hydrogen) atoms. The number of likely N-dealkylation sites (N-methyl/N-ethyl adjacent to an activating group) is 1. The minimum absolute atomic E-state index is 0.0300. The Morgan fingerprint density at radius 1 is 1.24 bits per heavy atom. The molecule has 0 aromatic carbocycles. The van der Waals surface area contributed by atoms with E-state index in [4.69, 9.17) is 4.74 Å². The average Bonchev–Trinajstić information content (AvgIpc) is 2.71. The average molecular weight is 299 g/mol. The lowest BCUT2D eigenvalue weighted by Gasteiger charge is -2.34. The number of amides is 1. The van der Waals surface area contributed by atoms with Crippen LogP contribution in [0.2, 0.25) is 0 Å². The van der Waals surface area contributed by atoms with E-state index in [0.717, 1.165) is 32.6 Å². The van der Waals surface area contributed by atoms with Crippen molar-refractivity contribution in [1.82, 2.24) is 15.1 Å². The molecule has 0 aromatic rings. The van der Waals surface area contributed by atoms with Gasteiger partial charge in [0.2, 0.25) is 5.91 Å². The summed E-state index contributed by atoms with van der Waals surface area (Å²) < 4.78 is 5.37. The molecule has 0 spiro atoms. The zero-order valence-corrected chi connectivity index (χ0v) is 12.6. The molecule has 0 aliphatic carbocycles. The van der Waals surface area contributed by atoms with Gasteiger partial charge in [0.05, 0.1) is 12.5 Å². The van der Waals surface area contributed by atoms with E-state index in [1.165, 1.54) is 0 Å². The summed E-state index contributed by atoms with van der Waals surface area (Å²) >= 11 is 0. The zero-order chi connectivity index (χ0) is 15.2. The lowest BCUT2D eigenvalue weighted by atomic mass is 10.0. The minimum Gasteiger partial charge on any atom is -0.481 e. The molecule has 2 saturated heterocycles. The van der Waals surface area contributed by atoms with Crippen LogP contribution in [0.5, 0.6) is 0 Å². The Kier molecular flexibility index (Phi) is 5.96. The Hall–Kier alpha value is -1.18. The number of nitrogens with one attached hydrogen (secondary N) is 1. The Balaban J connectivity index is 2.03. The Bertz CT molecular complexity index is 371. The molecule has 120 valence electrons. The number of carboxylic acids is 1. The van der Waals surface area contributed by atoms with Crippen molar-refractivity contribution in [2.75, 3.05) is 53.0 Å². The SMILES string of the molecule is CNCC(=O)N1CCN(C2CCOCC2)C[C@H](C(=O)O)C1. The summed E-state index contributed by atoms with van der Waals surface area (Å²) in [5.74, 6) is -1.37. The second-order valence-electron chi connectivity index (χ2n) is 5.74. The number of carbonyl (C=O) groups excluding carboxylic acids is 1. The van der Waals surface area contributed by atoms with Crippen LogP contribution in [-0.2, 0) is 14.3 Å². The summed E-state index contributed by atoms with van der Waals surface area (Å²) in [5.41, 5.74) is 0. The molecule has 0 bridgehead atoms. The van der Waals surface area contributed by atoms with Crippen LogP contribution in [0.15, 0.2) is 0 Å². The molecular weight excluding hydrogens is 274 g/mol. The van der Waals surface area contributed by atoms with Crippen molar-refractivity contribution < 1.29 is 19.4 Å². The fourth-order valence-corrected chi connectivity index (χ4v) is 3.07. The first-order chi connectivity index (χ1) is 10.1. The van der Waals surface area contributed by atoms with Crippen molar-refractivity contribution in [3.8, 4) is 0 Å². The molecule has 1 amide bonds. The third-order valence-electron chi connectivity index (χ3n) is 4.29. The van der Waals surface area contributed by atoms with Gasteiger partial charge >= 0.3 is 5.97 Å². The van der Waals surface area contributed by atoms with E-state index < -0.39 is 11.9 Å². The second kappa shape index (κ2) is 7.72. The van der Waals surface area contributed by atoms with Crippen molar-refractivity contribution in [2.45, 2.75) is 18.9 Å². The van der Waals surface area contributed by atoms with Gasteiger partial charge in [-0.3, -0.25) is 14.5 Å². The number of aliphatic carboxylic acids is 1. The molecule has 2 fully saturated rings. The predicted octanol–water partition coefficient (Wildman–Crippen LogP) is -0.770. The molecule has 7 nitrogen and oxygen atoms in total. The molecule has 2 heterocycles. The van der Waals surface area contributed by atoms with Gasteiger partial charge in [-0.25, -0.2) is 0 Å². The molecule has 2 rings (SSSR count). The van der Waals surface area contributed by atoms with Gasteiger partial charge in [0.25, 0.3) is 0 Å². The molecular formula is C14H25N3O4. The lowest BCUT2D eigenvalue weighted by Crippen LogP contribution is -2.43. The number of hydrogen-bond donors (Lipinski definition) is 2. The Morgan fingerprint density at radius 3 is 2.57 bits per heavy atom. The first-order valence-corrected chi connectivity index (χ1v) is 7.58.